The molecule has 1 rings (SSSR count). The lowest BCUT2D eigenvalue weighted by Crippen LogP contribution is -2.25. The van der Waals surface area contributed by atoms with Gasteiger partial charge in [-0.1, -0.05) is 24.9 Å². The molecule has 2 nitrogen and oxygen atoms in total. The molecule has 0 aromatic heterocycles. The van der Waals surface area contributed by atoms with Gasteiger partial charge in [-0.25, -0.2) is 0 Å². The lowest BCUT2D eigenvalue weighted by atomic mass is 10.2. The summed E-state index contributed by atoms with van der Waals surface area (Å²) in [6.07, 6.45) is 2.61. The first kappa shape index (κ1) is 9.13. The third-order valence-corrected chi connectivity index (χ3v) is 2.23. The summed E-state index contributed by atoms with van der Waals surface area (Å²) in [5, 5.41) is 0. The van der Waals surface area contributed by atoms with Gasteiger partial charge in [0, 0.05) is 18.7 Å². The maximum atomic E-state index is 10.6. The fraction of sp³-hybridized carbons (Fsp3) is 0.333. The maximum Gasteiger partial charge on any atom is 0.148 e. The Balaban J connectivity index is 2.78. The van der Waals surface area contributed by atoms with Gasteiger partial charge >= 0.3 is 0 Å². The molecule has 0 saturated heterocycles. The molecule has 0 aromatic rings. The topological polar surface area (TPSA) is 20.3 Å². The molecule has 1 aliphatic heterocycles. The number of hydrogen-bond donors (Lipinski definition) is 0. The molecule has 64 valence electrons. The molecular formula is C9H11NOS. The van der Waals surface area contributed by atoms with Gasteiger partial charge in [-0.05, 0) is 12.5 Å². The number of rotatable bonds is 2. The molecule has 1 heterocycles. The highest BCUT2D eigenvalue weighted by atomic mass is 32.1. The first-order valence-corrected chi connectivity index (χ1v) is 4.15. The van der Waals surface area contributed by atoms with E-state index in [9.17, 15) is 4.79 Å². The van der Waals surface area contributed by atoms with E-state index in [2.05, 4.69) is 6.58 Å². The number of thiocarbonyl (C=S) groups is 1. The molecule has 0 atom stereocenters. The van der Waals surface area contributed by atoms with Crippen molar-refractivity contribution in [3.05, 3.63) is 23.8 Å². The third kappa shape index (κ3) is 1.61. The van der Waals surface area contributed by atoms with Crippen molar-refractivity contribution >= 4 is 23.5 Å². The van der Waals surface area contributed by atoms with Crippen molar-refractivity contribution in [3.63, 3.8) is 0 Å². The monoisotopic (exact) mass is 181 g/mol. The Bertz CT molecular complexity index is 248. The van der Waals surface area contributed by atoms with Crippen LogP contribution in [0.4, 0.5) is 0 Å². The summed E-state index contributed by atoms with van der Waals surface area (Å²) in [6.45, 7) is 6.88. The Morgan fingerprint density at radius 3 is 2.50 bits per heavy atom. The zero-order valence-corrected chi connectivity index (χ0v) is 7.86. The van der Waals surface area contributed by atoms with Crippen LogP contribution in [0.15, 0.2) is 23.8 Å². The second-order valence-corrected chi connectivity index (χ2v) is 3.34. The van der Waals surface area contributed by atoms with Gasteiger partial charge in [0.1, 0.15) is 6.29 Å². The van der Waals surface area contributed by atoms with Crippen LogP contribution in [0.5, 0.6) is 0 Å². The summed E-state index contributed by atoms with van der Waals surface area (Å²) in [4.78, 5) is 13.4. The Morgan fingerprint density at radius 2 is 2.17 bits per heavy atom. The number of hydrogen-bond acceptors (Lipinski definition) is 2. The number of carbonyl (C=O) groups is 1. The largest absolute Gasteiger partial charge is 0.358 e. The number of carbonyl (C=O) groups excluding carboxylic acids is 1. The molecule has 0 unspecified atom stereocenters. The van der Waals surface area contributed by atoms with E-state index >= 15 is 0 Å². The SMILES string of the molecule is C=CC1=C(C=O)CN(C(C)=S)C1. The van der Waals surface area contributed by atoms with Crippen molar-refractivity contribution in [1.82, 2.24) is 4.90 Å². The highest BCUT2D eigenvalue weighted by Gasteiger charge is 2.19. The van der Waals surface area contributed by atoms with Crippen LogP contribution in [0.2, 0.25) is 0 Å². The first-order chi connectivity index (χ1) is 5.69. The second-order valence-electron chi connectivity index (χ2n) is 2.75. The molecule has 1 aliphatic rings. The van der Waals surface area contributed by atoms with E-state index in [1.54, 1.807) is 6.08 Å². The quantitative estimate of drug-likeness (QED) is 0.473. The van der Waals surface area contributed by atoms with Crippen LogP contribution >= 0.6 is 12.2 Å². The average Bonchev–Trinajstić information content (AvgIpc) is 2.46. The first-order valence-electron chi connectivity index (χ1n) is 3.74. The van der Waals surface area contributed by atoms with Crippen molar-refractivity contribution < 1.29 is 4.79 Å². The Morgan fingerprint density at radius 1 is 1.58 bits per heavy atom. The molecule has 12 heavy (non-hydrogen) atoms. The van der Waals surface area contributed by atoms with Gasteiger partial charge < -0.3 is 4.90 Å². The molecule has 0 amide bonds. The van der Waals surface area contributed by atoms with Crippen LogP contribution in [-0.2, 0) is 4.79 Å². The minimum Gasteiger partial charge on any atom is -0.358 e. The third-order valence-electron chi connectivity index (χ3n) is 1.97. The van der Waals surface area contributed by atoms with E-state index in [0.717, 1.165) is 29.0 Å². The van der Waals surface area contributed by atoms with Gasteiger partial charge in [-0.3, -0.25) is 4.79 Å². The minimum absolute atomic E-state index is 0.639. The van der Waals surface area contributed by atoms with E-state index in [0.29, 0.717) is 6.54 Å². The van der Waals surface area contributed by atoms with Gasteiger partial charge in [0.15, 0.2) is 0 Å². The normalized spacial score (nSPS) is 16.6. The number of aldehydes is 1. The number of nitrogens with zero attached hydrogens (tertiary/aromatic N) is 1. The zero-order chi connectivity index (χ0) is 9.14. The summed E-state index contributed by atoms with van der Waals surface area (Å²) in [7, 11) is 0. The van der Waals surface area contributed by atoms with E-state index in [1.165, 1.54) is 0 Å². The molecule has 0 fully saturated rings. The highest BCUT2D eigenvalue weighted by molar-refractivity contribution is 7.80. The Hall–Kier alpha value is -0.960. The van der Waals surface area contributed by atoms with E-state index in [1.807, 2.05) is 11.8 Å². The van der Waals surface area contributed by atoms with Crippen molar-refractivity contribution in [2.24, 2.45) is 0 Å². The molecule has 0 aliphatic carbocycles. The van der Waals surface area contributed by atoms with Crippen molar-refractivity contribution in [3.8, 4) is 0 Å². The second kappa shape index (κ2) is 3.63. The van der Waals surface area contributed by atoms with Gasteiger partial charge in [0.25, 0.3) is 0 Å². The Kier molecular flexibility index (Phi) is 2.76. The Labute approximate surface area is 77.6 Å². The van der Waals surface area contributed by atoms with Gasteiger partial charge in [-0.2, -0.15) is 0 Å². The molecule has 0 spiro atoms. The van der Waals surface area contributed by atoms with E-state index in [-0.39, 0.29) is 0 Å². The van der Waals surface area contributed by atoms with Crippen LogP contribution < -0.4 is 0 Å². The fourth-order valence-corrected chi connectivity index (χ4v) is 1.33. The summed E-state index contributed by atoms with van der Waals surface area (Å²) in [5.74, 6) is 0. The van der Waals surface area contributed by atoms with Crippen LogP contribution in [-0.4, -0.2) is 29.3 Å². The fourth-order valence-electron chi connectivity index (χ4n) is 1.20. The predicted molar refractivity (Wildman–Crippen MR) is 53.1 cm³/mol. The molecule has 3 heteroatoms. The molecular weight excluding hydrogens is 170 g/mol. The predicted octanol–water partition coefficient (Wildman–Crippen LogP) is 1.33. The van der Waals surface area contributed by atoms with Crippen LogP contribution in [0, 0.1) is 0 Å². The molecule has 0 radical (unpaired) electrons. The van der Waals surface area contributed by atoms with Gasteiger partial charge in [0.2, 0.25) is 0 Å². The average molecular weight is 181 g/mol. The molecule has 0 bridgehead atoms. The summed E-state index contributed by atoms with van der Waals surface area (Å²) in [5.41, 5.74) is 1.79. The summed E-state index contributed by atoms with van der Waals surface area (Å²) < 4.78 is 0. The summed E-state index contributed by atoms with van der Waals surface area (Å²) in [6, 6.07) is 0. The van der Waals surface area contributed by atoms with Crippen molar-refractivity contribution in [2.75, 3.05) is 13.1 Å². The van der Waals surface area contributed by atoms with Crippen LogP contribution in [0.1, 0.15) is 6.92 Å². The van der Waals surface area contributed by atoms with Gasteiger partial charge in [-0.15, -0.1) is 0 Å². The van der Waals surface area contributed by atoms with Gasteiger partial charge in [0.05, 0.1) is 4.99 Å². The summed E-state index contributed by atoms with van der Waals surface area (Å²) >= 11 is 5.01. The van der Waals surface area contributed by atoms with Crippen molar-refractivity contribution in [2.45, 2.75) is 6.92 Å². The van der Waals surface area contributed by atoms with Crippen LogP contribution in [0.25, 0.3) is 0 Å². The lowest BCUT2D eigenvalue weighted by molar-refractivity contribution is -0.105. The van der Waals surface area contributed by atoms with Crippen LogP contribution in [0.3, 0.4) is 0 Å². The zero-order valence-electron chi connectivity index (χ0n) is 7.04. The maximum absolute atomic E-state index is 10.6. The molecule has 0 aromatic carbocycles. The van der Waals surface area contributed by atoms with E-state index in [4.69, 9.17) is 12.2 Å². The minimum atomic E-state index is 0.639. The molecule has 0 N–H and O–H groups in total. The molecule has 0 saturated carbocycles. The standard InChI is InChI=1S/C9H11NOS/c1-3-8-4-10(7(2)12)5-9(8)6-11/h3,6H,1,4-5H2,2H3. The smallest absolute Gasteiger partial charge is 0.148 e. The van der Waals surface area contributed by atoms with Crippen molar-refractivity contribution in [1.29, 1.82) is 0 Å². The van der Waals surface area contributed by atoms with E-state index < -0.39 is 0 Å². The lowest BCUT2D eigenvalue weighted by Gasteiger charge is -2.15. The highest BCUT2D eigenvalue weighted by Crippen LogP contribution is 2.16.